The smallest absolute Gasteiger partial charge is 0.126 e. The maximum Gasteiger partial charge on any atom is 0.126 e. The Balaban J connectivity index is 2.82. The molecule has 0 bridgehead atoms. The van der Waals surface area contributed by atoms with Crippen LogP contribution in [0.25, 0.3) is 0 Å². The van der Waals surface area contributed by atoms with Crippen LogP contribution in [0, 0.1) is 17.0 Å². The van der Waals surface area contributed by atoms with Gasteiger partial charge < -0.3 is 5.73 Å². The number of hydrogen-bond donors (Lipinski definition) is 1. The van der Waals surface area contributed by atoms with Gasteiger partial charge in [-0.15, -0.1) is 0 Å². The van der Waals surface area contributed by atoms with E-state index in [1.165, 1.54) is 12.1 Å². The van der Waals surface area contributed by atoms with E-state index in [9.17, 15) is 8.78 Å². The largest absolute Gasteiger partial charge is 0.328 e. The van der Waals surface area contributed by atoms with Crippen molar-refractivity contribution in [2.75, 3.05) is 0 Å². The highest BCUT2D eigenvalue weighted by Crippen LogP contribution is 2.28. The Morgan fingerprint density at radius 2 is 1.94 bits per heavy atom. The molecule has 2 N–H and O–H groups in total. The quantitative estimate of drug-likeness (QED) is 0.839. The van der Waals surface area contributed by atoms with E-state index in [1.54, 1.807) is 0 Å². The van der Waals surface area contributed by atoms with Crippen LogP contribution in [0.1, 0.15) is 32.8 Å². The predicted molar refractivity (Wildman–Crippen MR) is 62.1 cm³/mol. The first-order chi connectivity index (χ1) is 7.30. The van der Waals surface area contributed by atoms with E-state index in [0.717, 1.165) is 12.5 Å². The summed E-state index contributed by atoms with van der Waals surface area (Å²) in [6.07, 6.45) is 1.28. The number of hydrogen-bond acceptors (Lipinski definition) is 1. The van der Waals surface area contributed by atoms with Crippen molar-refractivity contribution < 1.29 is 8.78 Å². The summed E-state index contributed by atoms with van der Waals surface area (Å²) in [4.78, 5) is 0. The SMILES string of the molecule is CC(N)CC(C)(C)Cc1cc(F)ccc1F. The Morgan fingerprint density at radius 1 is 1.31 bits per heavy atom. The highest BCUT2D eigenvalue weighted by Gasteiger charge is 2.22. The van der Waals surface area contributed by atoms with E-state index in [1.807, 2.05) is 20.8 Å². The fraction of sp³-hybridized carbons (Fsp3) is 0.538. The molecular weight excluding hydrogens is 208 g/mol. The maximum atomic E-state index is 13.4. The van der Waals surface area contributed by atoms with Crippen molar-refractivity contribution in [2.24, 2.45) is 11.1 Å². The monoisotopic (exact) mass is 227 g/mol. The average molecular weight is 227 g/mol. The Bertz CT molecular complexity index is 359. The highest BCUT2D eigenvalue weighted by atomic mass is 19.1. The summed E-state index contributed by atoms with van der Waals surface area (Å²) in [6, 6.07) is 3.63. The van der Waals surface area contributed by atoms with Crippen molar-refractivity contribution in [1.29, 1.82) is 0 Å². The third-order valence-electron chi connectivity index (χ3n) is 2.55. The first-order valence-corrected chi connectivity index (χ1v) is 5.50. The standard InChI is InChI=1S/C13H19F2N/c1-9(16)7-13(2,3)8-10-6-11(14)4-5-12(10)15/h4-6,9H,7-8,16H2,1-3H3. The molecule has 0 aromatic heterocycles. The normalized spacial score (nSPS) is 13.9. The molecule has 1 rings (SSSR count). The fourth-order valence-corrected chi connectivity index (χ4v) is 2.14. The predicted octanol–water partition coefficient (Wildman–Crippen LogP) is 3.27. The lowest BCUT2D eigenvalue weighted by atomic mass is 9.80. The van der Waals surface area contributed by atoms with Crippen LogP contribution < -0.4 is 5.73 Å². The van der Waals surface area contributed by atoms with Crippen LogP contribution in [0.4, 0.5) is 8.78 Å². The molecule has 0 spiro atoms. The summed E-state index contributed by atoms with van der Waals surface area (Å²) in [7, 11) is 0. The second-order valence-corrected chi connectivity index (χ2v) is 5.26. The zero-order chi connectivity index (χ0) is 12.3. The zero-order valence-corrected chi connectivity index (χ0v) is 10.1. The van der Waals surface area contributed by atoms with E-state index in [0.29, 0.717) is 12.0 Å². The Hall–Kier alpha value is -0.960. The van der Waals surface area contributed by atoms with Crippen LogP contribution in [0.3, 0.4) is 0 Å². The topological polar surface area (TPSA) is 26.0 Å². The Labute approximate surface area is 95.7 Å². The molecule has 0 saturated carbocycles. The van der Waals surface area contributed by atoms with Gasteiger partial charge in [-0.25, -0.2) is 8.78 Å². The summed E-state index contributed by atoms with van der Waals surface area (Å²) in [5.41, 5.74) is 6.03. The molecule has 1 atom stereocenters. The number of halogens is 2. The average Bonchev–Trinajstić information content (AvgIpc) is 2.08. The van der Waals surface area contributed by atoms with Crippen molar-refractivity contribution in [2.45, 2.75) is 39.7 Å². The van der Waals surface area contributed by atoms with Gasteiger partial charge in [-0.05, 0) is 48.9 Å². The molecule has 90 valence electrons. The van der Waals surface area contributed by atoms with Gasteiger partial charge in [0.2, 0.25) is 0 Å². The van der Waals surface area contributed by atoms with E-state index in [-0.39, 0.29) is 17.3 Å². The van der Waals surface area contributed by atoms with Crippen LogP contribution in [-0.4, -0.2) is 6.04 Å². The van der Waals surface area contributed by atoms with Crippen LogP contribution in [0.2, 0.25) is 0 Å². The minimum atomic E-state index is -0.395. The number of benzene rings is 1. The summed E-state index contributed by atoms with van der Waals surface area (Å²) >= 11 is 0. The lowest BCUT2D eigenvalue weighted by Crippen LogP contribution is -2.27. The van der Waals surface area contributed by atoms with E-state index in [2.05, 4.69) is 0 Å². The molecule has 0 heterocycles. The van der Waals surface area contributed by atoms with Gasteiger partial charge in [0.25, 0.3) is 0 Å². The third-order valence-corrected chi connectivity index (χ3v) is 2.55. The van der Waals surface area contributed by atoms with Crippen molar-refractivity contribution in [3.63, 3.8) is 0 Å². The van der Waals surface area contributed by atoms with Crippen LogP contribution in [0.5, 0.6) is 0 Å². The van der Waals surface area contributed by atoms with Crippen molar-refractivity contribution in [3.8, 4) is 0 Å². The molecule has 0 fully saturated rings. The van der Waals surface area contributed by atoms with Gasteiger partial charge in [0, 0.05) is 6.04 Å². The molecule has 0 saturated heterocycles. The lowest BCUT2D eigenvalue weighted by Gasteiger charge is -2.26. The van der Waals surface area contributed by atoms with Crippen LogP contribution in [0.15, 0.2) is 18.2 Å². The first kappa shape index (κ1) is 13.1. The second-order valence-electron chi connectivity index (χ2n) is 5.26. The molecule has 1 nitrogen and oxygen atoms in total. The molecule has 0 aliphatic heterocycles. The lowest BCUT2D eigenvalue weighted by molar-refractivity contribution is 0.305. The summed E-state index contributed by atoms with van der Waals surface area (Å²) < 4.78 is 26.4. The third kappa shape index (κ3) is 3.89. The molecule has 0 amide bonds. The van der Waals surface area contributed by atoms with E-state index in [4.69, 9.17) is 5.73 Å². The van der Waals surface area contributed by atoms with Crippen molar-refractivity contribution in [3.05, 3.63) is 35.4 Å². The van der Waals surface area contributed by atoms with Crippen LogP contribution in [-0.2, 0) is 6.42 Å². The maximum absolute atomic E-state index is 13.4. The minimum Gasteiger partial charge on any atom is -0.328 e. The Kier molecular flexibility index (Phi) is 4.03. The second kappa shape index (κ2) is 4.91. The first-order valence-electron chi connectivity index (χ1n) is 5.50. The van der Waals surface area contributed by atoms with Gasteiger partial charge in [0.05, 0.1) is 0 Å². The van der Waals surface area contributed by atoms with Crippen molar-refractivity contribution in [1.82, 2.24) is 0 Å². The summed E-state index contributed by atoms with van der Waals surface area (Å²) in [5.74, 6) is -0.743. The Morgan fingerprint density at radius 3 is 2.50 bits per heavy atom. The summed E-state index contributed by atoms with van der Waals surface area (Å²) in [6.45, 7) is 5.95. The molecule has 16 heavy (non-hydrogen) atoms. The molecule has 0 radical (unpaired) electrons. The van der Waals surface area contributed by atoms with Gasteiger partial charge in [-0.3, -0.25) is 0 Å². The number of rotatable bonds is 4. The zero-order valence-electron chi connectivity index (χ0n) is 10.1. The minimum absolute atomic E-state index is 0.0617. The van der Waals surface area contributed by atoms with E-state index >= 15 is 0 Å². The molecule has 0 aliphatic rings. The van der Waals surface area contributed by atoms with Gasteiger partial charge in [-0.2, -0.15) is 0 Å². The highest BCUT2D eigenvalue weighted by molar-refractivity contribution is 5.20. The fourth-order valence-electron chi connectivity index (χ4n) is 2.14. The van der Waals surface area contributed by atoms with Crippen LogP contribution >= 0.6 is 0 Å². The molecule has 1 unspecified atom stereocenters. The molecule has 1 aromatic rings. The molecule has 0 aliphatic carbocycles. The van der Waals surface area contributed by atoms with Gasteiger partial charge in [0.15, 0.2) is 0 Å². The molecule has 1 aromatic carbocycles. The number of nitrogens with two attached hydrogens (primary N) is 1. The molecule has 3 heteroatoms. The van der Waals surface area contributed by atoms with Gasteiger partial charge >= 0.3 is 0 Å². The van der Waals surface area contributed by atoms with Crippen molar-refractivity contribution >= 4 is 0 Å². The van der Waals surface area contributed by atoms with Gasteiger partial charge in [0.1, 0.15) is 11.6 Å². The van der Waals surface area contributed by atoms with E-state index < -0.39 is 5.82 Å². The van der Waals surface area contributed by atoms with Gasteiger partial charge in [-0.1, -0.05) is 13.8 Å². The summed E-state index contributed by atoms with van der Waals surface area (Å²) in [5, 5.41) is 0. The molecular formula is C13H19F2N.